The Morgan fingerprint density at radius 3 is 2.45 bits per heavy atom. The first kappa shape index (κ1) is 20.6. The van der Waals surface area contributed by atoms with Gasteiger partial charge in [0.05, 0.1) is 5.39 Å². The van der Waals surface area contributed by atoms with Crippen LogP contribution in [0.4, 0.5) is 22.0 Å². The van der Waals surface area contributed by atoms with E-state index in [1.54, 1.807) is 11.3 Å². The van der Waals surface area contributed by atoms with Crippen LogP contribution in [0.1, 0.15) is 10.4 Å². The minimum atomic E-state index is -0.284. The van der Waals surface area contributed by atoms with Crippen molar-refractivity contribution in [3.8, 4) is 11.1 Å². The molecular formula is C21H20ClN5OS. The molecule has 2 aromatic heterocycles. The number of nitrogens with two attached hydrogens (primary N) is 1. The molecule has 4 aromatic rings. The van der Waals surface area contributed by atoms with Crippen molar-refractivity contribution in [2.24, 2.45) is 0 Å². The second-order valence-corrected chi connectivity index (χ2v) is 7.70. The number of rotatable bonds is 3. The topological polar surface area (TPSA) is 92.9 Å². The van der Waals surface area contributed by atoms with Gasteiger partial charge in [-0.3, -0.25) is 0 Å². The number of hydrogen-bond acceptors (Lipinski definition) is 5. The van der Waals surface area contributed by atoms with Gasteiger partial charge >= 0.3 is 6.03 Å². The van der Waals surface area contributed by atoms with Crippen LogP contribution in [0.25, 0.3) is 21.3 Å². The first-order valence-corrected chi connectivity index (χ1v) is 9.57. The molecule has 2 aromatic carbocycles. The molecule has 0 aliphatic rings. The number of carbonyl (C=O) groups excluding carboxylic acids is 1. The van der Waals surface area contributed by atoms with Gasteiger partial charge in [-0.05, 0) is 49.2 Å². The number of anilines is 3. The van der Waals surface area contributed by atoms with E-state index in [2.05, 4.69) is 20.6 Å². The third-order valence-electron chi connectivity index (χ3n) is 4.40. The van der Waals surface area contributed by atoms with Crippen LogP contribution in [0.5, 0.6) is 0 Å². The van der Waals surface area contributed by atoms with Gasteiger partial charge in [0.15, 0.2) is 0 Å². The van der Waals surface area contributed by atoms with Gasteiger partial charge in [0.1, 0.15) is 17.0 Å². The molecule has 0 radical (unpaired) electrons. The van der Waals surface area contributed by atoms with Gasteiger partial charge < -0.3 is 16.4 Å². The van der Waals surface area contributed by atoms with E-state index in [1.807, 2.05) is 62.4 Å². The fraction of sp³-hybridized carbons (Fsp3) is 0.0952. The van der Waals surface area contributed by atoms with E-state index in [4.69, 9.17) is 5.73 Å². The number of nitrogens with one attached hydrogen (secondary N) is 2. The summed E-state index contributed by atoms with van der Waals surface area (Å²) in [6.45, 7) is 4.03. The Morgan fingerprint density at radius 1 is 1.00 bits per heavy atom. The number of hydrogen-bond donors (Lipinski definition) is 3. The summed E-state index contributed by atoms with van der Waals surface area (Å²) in [5, 5.41) is 6.56. The Labute approximate surface area is 178 Å². The van der Waals surface area contributed by atoms with Gasteiger partial charge in [0.25, 0.3) is 0 Å². The number of thiophene rings is 1. The van der Waals surface area contributed by atoms with Crippen LogP contribution in [0.15, 0.2) is 54.9 Å². The molecule has 4 N–H and O–H groups in total. The minimum absolute atomic E-state index is 0. The summed E-state index contributed by atoms with van der Waals surface area (Å²) in [6, 6.07) is 15.0. The van der Waals surface area contributed by atoms with Crippen LogP contribution >= 0.6 is 23.7 Å². The Kier molecular flexibility index (Phi) is 6.00. The second-order valence-electron chi connectivity index (χ2n) is 6.50. The van der Waals surface area contributed by atoms with Gasteiger partial charge in [0.2, 0.25) is 0 Å². The Hall–Kier alpha value is -3.16. The summed E-state index contributed by atoms with van der Waals surface area (Å²) in [5.41, 5.74) is 10.7. The first-order chi connectivity index (χ1) is 13.5. The zero-order valence-corrected chi connectivity index (χ0v) is 17.5. The predicted octanol–water partition coefficient (Wildman–Crippen LogP) is 5.62. The maximum atomic E-state index is 12.2. The lowest BCUT2D eigenvalue weighted by Crippen LogP contribution is -2.19. The number of urea groups is 1. The van der Waals surface area contributed by atoms with Crippen LogP contribution in [0, 0.1) is 13.8 Å². The largest absolute Gasteiger partial charge is 0.383 e. The zero-order valence-electron chi connectivity index (χ0n) is 15.9. The number of benzene rings is 2. The number of amides is 2. The Morgan fingerprint density at radius 2 is 1.72 bits per heavy atom. The molecule has 2 heterocycles. The number of fused-ring (bicyclic) bond motifs is 1. The third-order valence-corrected chi connectivity index (χ3v) is 5.41. The van der Waals surface area contributed by atoms with Crippen molar-refractivity contribution in [2.45, 2.75) is 13.8 Å². The molecule has 2 amide bonds. The highest BCUT2D eigenvalue weighted by molar-refractivity contribution is 7.19. The number of carbonyl (C=O) groups is 1. The van der Waals surface area contributed by atoms with Crippen molar-refractivity contribution in [1.29, 1.82) is 0 Å². The summed E-state index contributed by atoms with van der Waals surface area (Å²) in [6.07, 6.45) is 1.48. The molecule has 0 fully saturated rings. The molecule has 8 heteroatoms. The van der Waals surface area contributed by atoms with Crippen LogP contribution in [0.2, 0.25) is 0 Å². The smallest absolute Gasteiger partial charge is 0.323 e. The summed E-state index contributed by atoms with van der Waals surface area (Å²) in [5.74, 6) is 0.476. The van der Waals surface area contributed by atoms with E-state index in [0.29, 0.717) is 11.5 Å². The highest BCUT2D eigenvalue weighted by Crippen LogP contribution is 2.39. The predicted molar refractivity (Wildman–Crippen MR) is 123 cm³/mol. The quantitative estimate of drug-likeness (QED) is 0.397. The number of nitrogens with zero attached hydrogens (tertiary/aromatic N) is 2. The van der Waals surface area contributed by atoms with Crippen molar-refractivity contribution >= 4 is 57.2 Å². The van der Waals surface area contributed by atoms with E-state index in [9.17, 15) is 4.79 Å². The van der Waals surface area contributed by atoms with Crippen LogP contribution in [-0.2, 0) is 0 Å². The van der Waals surface area contributed by atoms with Crippen molar-refractivity contribution in [3.05, 3.63) is 65.3 Å². The van der Waals surface area contributed by atoms with E-state index in [0.717, 1.165) is 37.5 Å². The molecule has 6 nitrogen and oxygen atoms in total. The van der Waals surface area contributed by atoms with Crippen molar-refractivity contribution in [1.82, 2.24) is 9.97 Å². The van der Waals surface area contributed by atoms with Gasteiger partial charge in [-0.2, -0.15) is 0 Å². The molecule has 29 heavy (non-hydrogen) atoms. The molecular weight excluding hydrogens is 406 g/mol. The first-order valence-electron chi connectivity index (χ1n) is 8.76. The fourth-order valence-corrected chi connectivity index (χ4v) is 4.17. The van der Waals surface area contributed by atoms with Gasteiger partial charge in [-0.1, -0.05) is 24.3 Å². The lowest BCUT2D eigenvalue weighted by atomic mass is 10.0. The normalized spacial score (nSPS) is 10.4. The van der Waals surface area contributed by atoms with E-state index in [-0.39, 0.29) is 18.4 Å². The molecule has 0 aliphatic carbocycles. The molecule has 4 rings (SSSR count). The number of halogens is 1. The summed E-state index contributed by atoms with van der Waals surface area (Å²) >= 11 is 1.59. The summed E-state index contributed by atoms with van der Waals surface area (Å²) in [4.78, 5) is 22.7. The van der Waals surface area contributed by atoms with Gasteiger partial charge in [0, 0.05) is 21.8 Å². The molecule has 148 valence electrons. The van der Waals surface area contributed by atoms with Crippen molar-refractivity contribution < 1.29 is 4.79 Å². The molecule has 0 spiro atoms. The summed E-state index contributed by atoms with van der Waals surface area (Å²) < 4.78 is 0. The van der Waals surface area contributed by atoms with Gasteiger partial charge in [-0.15, -0.1) is 23.7 Å². The lowest BCUT2D eigenvalue weighted by molar-refractivity contribution is 0.262. The molecule has 0 atom stereocenters. The maximum Gasteiger partial charge on any atom is 0.323 e. The Balaban J connectivity index is 0.00000240. The molecule has 0 saturated heterocycles. The van der Waals surface area contributed by atoms with Crippen LogP contribution in [-0.4, -0.2) is 16.0 Å². The lowest BCUT2D eigenvalue weighted by Gasteiger charge is -2.09. The monoisotopic (exact) mass is 425 g/mol. The molecule has 0 aliphatic heterocycles. The highest BCUT2D eigenvalue weighted by atomic mass is 35.5. The minimum Gasteiger partial charge on any atom is -0.383 e. The van der Waals surface area contributed by atoms with Crippen molar-refractivity contribution in [3.63, 3.8) is 0 Å². The number of aryl methyl sites for hydroxylation is 2. The molecule has 0 saturated carbocycles. The Bertz CT molecular complexity index is 1170. The average molecular weight is 426 g/mol. The summed E-state index contributed by atoms with van der Waals surface area (Å²) in [7, 11) is 0. The fourth-order valence-electron chi connectivity index (χ4n) is 3.15. The second kappa shape index (κ2) is 8.46. The SMILES string of the molecule is Cc1cccc(NC(=O)Nc2ccc(-c3c(C)sc4ncnc(N)c34)cc2)c1.Cl. The maximum absolute atomic E-state index is 12.2. The van der Waals surface area contributed by atoms with Gasteiger partial charge in [-0.25, -0.2) is 14.8 Å². The van der Waals surface area contributed by atoms with E-state index < -0.39 is 0 Å². The molecule has 0 bridgehead atoms. The van der Waals surface area contributed by atoms with Crippen molar-refractivity contribution in [2.75, 3.05) is 16.4 Å². The van der Waals surface area contributed by atoms with Crippen LogP contribution < -0.4 is 16.4 Å². The number of nitrogen functional groups attached to an aromatic ring is 1. The van der Waals surface area contributed by atoms with Crippen LogP contribution in [0.3, 0.4) is 0 Å². The number of aromatic nitrogens is 2. The zero-order chi connectivity index (χ0) is 19.7. The molecule has 0 unspecified atom stereocenters. The van der Waals surface area contributed by atoms with E-state index in [1.165, 1.54) is 6.33 Å². The standard InChI is InChI=1S/C21H19N5OS.ClH/c1-12-4-3-5-16(10-12)26-21(27)25-15-8-6-14(7-9-15)17-13(2)28-20-18(17)19(22)23-11-24-20;/h3-11H,1-2H3,(H2,22,23,24)(H2,25,26,27);1H. The average Bonchev–Trinajstić information content (AvgIpc) is 2.99. The van der Waals surface area contributed by atoms with E-state index >= 15 is 0 Å². The highest BCUT2D eigenvalue weighted by Gasteiger charge is 2.15. The third kappa shape index (κ3) is 4.31.